The van der Waals surface area contributed by atoms with E-state index in [1.165, 1.54) is 6.07 Å². The van der Waals surface area contributed by atoms with Gasteiger partial charge < -0.3 is 9.80 Å². The predicted octanol–water partition coefficient (Wildman–Crippen LogP) is 4.56. The minimum Gasteiger partial charge on any atom is -0.371 e. The van der Waals surface area contributed by atoms with Gasteiger partial charge in [-0.25, -0.2) is 18.7 Å². The van der Waals surface area contributed by atoms with Crippen molar-refractivity contribution in [3.8, 4) is 0 Å². The smallest absolute Gasteiger partial charge is 0.337 e. The number of hydrogen-bond donors (Lipinski definition) is 0. The lowest BCUT2D eigenvalue weighted by Crippen LogP contribution is -2.31. The van der Waals surface area contributed by atoms with Gasteiger partial charge >= 0.3 is 5.69 Å². The minimum absolute atomic E-state index is 0.146. The number of likely N-dealkylation sites (tertiary alicyclic amines) is 1. The first kappa shape index (κ1) is 21.1. The summed E-state index contributed by atoms with van der Waals surface area (Å²) in [6, 6.07) is 3.70. The van der Waals surface area contributed by atoms with Crippen molar-refractivity contribution in [2.75, 3.05) is 31.1 Å². The van der Waals surface area contributed by atoms with Crippen LogP contribution in [0.2, 0.25) is 0 Å². The quantitative estimate of drug-likeness (QED) is 0.513. The van der Waals surface area contributed by atoms with Crippen LogP contribution in [0.5, 0.6) is 0 Å². The summed E-state index contributed by atoms with van der Waals surface area (Å²) >= 11 is 0. The first-order chi connectivity index (χ1) is 14.9. The molecule has 2 aliphatic rings. The summed E-state index contributed by atoms with van der Waals surface area (Å²) < 4.78 is 27.5. The number of nitro groups is 1. The Morgan fingerprint density at radius 2 is 1.71 bits per heavy atom. The van der Waals surface area contributed by atoms with Crippen molar-refractivity contribution in [2.24, 2.45) is 0 Å². The Morgan fingerprint density at radius 1 is 1.03 bits per heavy atom. The number of halogens is 2. The maximum Gasteiger partial charge on any atom is 0.337 e. The molecule has 0 spiro atoms. The van der Waals surface area contributed by atoms with Gasteiger partial charge in [0, 0.05) is 37.4 Å². The molecule has 0 atom stereocenters. The average molecular weight is 429 g/mol. The Hall–Kier alpha value is -3.10. The number of hydrogen-bond acceptors (Lipinski definition) is 6. The Morgan fingerprint density at radius 3 is 2.35 bits per heavy atom. The van der Waals surface area contributed by atoms with Crippen molar-refractivity contribution in [2.45, 2.75) is 39.0 Å². The molecule has 0 amide bonds. The SMILES string of the molecule is Cc1nc(/C=C(/c2ccc(F)c(F)c2)N2CCCC2)c([N+](=O)[O-])c(N2CCCCC2)n1. The monoisotopic (exact) mass is 429 g/mol. The van der Waals surface area contributed by atoms with Gasteiger partial charge in [0.25, 0.3) is 0 Å². The van der Waals surface area contributed by atoms with Gasteiger partial charge in [-0.15, -0.1) is 0 Å². The van der Waals surface area contributed by atoms with Gasteiger partial charge in [0.15, 0.2) is 11.6 Å². The van der Waals surface area contributed by atoms with Crippen LogP contribution in [0.1, 0.15) is 49.2 Å². The highest BCUT2D eigenvalue weighted by Crippen LogP contribution is 2.35. The van der Waals surface area contributed by atoms with E-state index < -0.39 is 16.6 Å². The summed E-state index contributed by atoms with van der Waals surface area (Å²) in [5.41, 5.74) is 1.10. The van der Waals surface area contributed by atoms with E-state index in [2.05, 4.69) is 9.97 Å². The van der Waals surface area contributed by atoms with Gasteiger partial charge in [-0.1, -0.05) is 0 Å². The molecule has 4 rings (SSSR count). The second-order valence-electron chi connectivity index (χ2n) is 7.99. The number of rotatable bonds is 5. The molecule has 9 heteroatoms. The van der Waals surface area contributed by atoms with E-state index >= 15 is 0 Å². The number of aromatic nitrogens is 2. The highest BCUT2D eigenvalue weighted by molar-refractivity contribution is 5.84. The van der Waals surface area contributed by atoms with E-state index in [0.717, 1.165) is 57.3 Å². The molecule has 1 aromatic heterocycles. The number of anilines is 1. The molecule has 2 aliphatic heterocycles. The molecule has 3 heterocycles. The normalized spacial score (nSPS) is 17.3. The number of benzene rings is 1. The van der Waals surface area contributed by atoms with Crippen LogP contribution in [0.3, 0.4) is 0 Å². The van der Waals surface area contributed by atoms with Crippen molar-refractivity contribution in [3.05, 3.63) is 57.0 Å². The highest BCUT2D eigenvalue weighted by atomic mass is 19.2. The molecule has 0 aliphatic carbocycles. The average Bonchev–Trinajstić information content (AvgIpc) is 3.28. The fraction of sp³-hybridized carbons (Fsp3) is 0.455. The van der Waals surface area contributed by atoms with E-state index in [0.29, 0.717) is 36.0 Å². The van der Waals surface area contributed by atoms with Gasteiger partial charge in [-0.3, -0.25) is 10.1 Å². The maximum atomic E-state index is 14.0. The van der Waals surface area contributed by atoms with Crippen LogP contribution in [0.15, 0.2) is 18.2 Å². The highest BCUT2D eigenvalue weighted by Gasteiger charge is 2.29. The number of nitrogens with zero attached hydrogens (tertiary/aromatic N) is 5. The molecule has 0 bridgehead atoms. The number of aryl methyl sites for hydroxylation is 1. The van der Waals surface area contributed by atoms with Gasteiger partial charge in [0.1, 0.15) is 11.5 Å². The van der Waals surface area contributed by atoms with E-state index in [9.17, 15) is 18.9 Å². The van der Waals surface area contributed by atoms with Crippen molar-refractivity contribution in [3.63, 3.8) is 0 Å². The van der Waals surface area contributed by atoms with Crippen LogP contribution in [0, 0.1) is 28.7 Å². The van der Waals surface area contributed by atoms with Crippen molar-refractivity contribution in [1.82, 2.24) is 14.9 Å². The fourth-order valence-electron chi connectivity index (χ4n) is 4.28. The van der Waals surface area contributed by atoms with Crippen LogP contribution in [-0.4, -0.2) is 46.0 Å². The van der Waals surface area contributed by atoms with Crippen LogP contribution < -0.4 is 4.90 Å². The molecular formula is C22H25F2N5O2. The second kappa shape index (κ2) is 8.95. The zero-order valence-electron chi connectivity index (χ0n) is 17.5. The minimum atomic E-state index is -0.954. The van der Waals surface area contributed by atoms with E-state index in [4.69, 9.17) is 0 Å². The summed E-state index contributed by atoms with van der Waals surface area (Å²) in [7, 11) is 0. The van der Waals surface area contributed by atoms with Crippen LogP contribution in [-0.2, 0) is 0 Å². The molecule has 0 N–H and O–H groups in total. The molecule has 0 unspecified atom stereocenters. The van der Waals surface area contributed by atoms with Gasteiger partial charge in [0.2, 0.25) is 5.82 Å². The summed E-state index contributed by atoms with van der Waals surface area (Å²) in [6.07, 6.45) is 6.56. The van der Waals surface area contributed by atoms with Crippen LogP contribution in [0.4, 0.5) is 20.3 Å². The lowest BCUT2D eigenvalue weighted by molar-refractivity contribution is -0.384. The first-order valence-electron chi connectivity index (χ1n) is 10.6. The van der Waals surface area contributed by atoms with Gasteiger partial charge in [-0.05, 0) is 63.3 Å². The molecular weight excluding hydrogens is 404 g/mol. The fourth-order valence-corrected chi connectivity index (χ4v) is 4.28. The third-order valence-corrected chi connectivity index (χ3v) is 5.78. The molecule has 2 aromatic rings. The third-order valence-electron chi connectivity index (χ3n) is 5.78. The molecule has 0 radical (unpaired) electrons. The van der Waals surface area contributed by atoms with Gasteiger partial charge in [0.05, 0.1) is 4.92 Å². The summed E-state index contributed by atoms with van der Waals surface area (Å²) in [6.45, 7) is 4.61. The zero-order chi connectivity index (χ0) is 22.0. The molecule has 2 fully saturated rings. The summed E-state index contributed by atoms with van der Waals surface area (Å²) in [4.78, 5) is 24.4. The Labute approximate surface area is 179 Å². The van der Waals surface area contributed by atoms with Crippen molar-refractivity contribution < 1.29 is 13.7 Å². The first-order valence-corrected chi connectivity index (χ1v) is 10.6. The Bertz CT molecular complexity index is 1020. The Kier molecular flexibility index (Phi) is 6.11. The molecule has 31 heavy (non-hydrogen) atoms. The van der Waals surface area contributed by atoms with Crippen molar-refractivity contribution >= 4 is 23.3 Å². The van der Waals surface area contributed by atoms with E-state index in [1.54, 1.807) is 13.0 Å². The summed E-state index contributed by atoms with van der Waals surface area (Å²) in [5.74, 6) is -1.12. The van der Waals surface area contributed by atoms with Crippen molar-refractivity contribution in [1.29, 1.82) is 0 Å². The van der Waals surface area contributed by atoms with E-state index in [1.807, 2.05) is 9.80 Å². The largest absolute Gasteiger partial charge is 0.371 e. The summed E-state index contributed by atoms with van der Waals surface area (Å²) in [5, 5.41) is 12.1. The standard InChI is InChI=1S/C22H25F2N5O2/c1-15-25-19(21(29(30)31)22(26-15)28-11-3-2-4-12-28)14-20(27-9-5-6-10-27)16-7-8-17(23)18(24)13-16/h7-8,13-14H,2-6,9-12H2,1H3/b20-14-. The predicted molar refractivity (Wildman–Crippen MR) is 115 cm³/mol. The third kappa shape index (κ3) is 4.50. The zero-order valence-corrected chi connectivity index (χ0v) is 17.5. The number of piperidine rings is 1. The molecule has 0 saturated carbocycles. The topological polar surface area (TPSA) is 75.4 Å². The van der Waals surface area contributed by atoms with E-state index in [-0.39, 0.29) is 11.4 Å². The molecule has 1 aromatic carbocycles. The van der Waals surface area contributed by atoms with Crippen LogP contribution in [0.25, 0.3) is 11.8 Å². The Balaban J connectivity index is 1.87. The molecule has 164 valence electrons. The van der Waals surface area contributed by atoms with Gasteiger partial charge in [-0.2, -0.15) is 0 Å². The van der Waals surface area contributed by atoms with Crippen LogP contribution >= 0.6 is 0 Å². The lowest BCUT2D eigenvalue weighted by atomic mass is 10.1. The molecule has 2 saturated heterocycles. The maximum absolute atomic E-state index is 14.0. The lowest BCUT2D eigenvalue weighted by Gasteiger charge is -2.28. The molecule has 7 nitrogen and oxygen atoms in total. The second-order valence-corrected chi connectivity index (χ2v) is 7.99.